The largest absolute Gasteiger partial charge is 0.365 e. The summed E-state index contributed by atoms with van der Waals surface area (Å²) in [7, 11) is 1.89. The number of hydrogen-bond donors (Lipinski definition) is 1. The van der Waals surface area contributed by atoms with E-state index >= 15 is 0 Å². The Morgan fingerprint density at radius 3 is 2.67 bits per heavy atom. The van der Waals surface area contributed by atoms with Crippen LogP contribution in [0.4, 0.5) is 5.13 Å². The Bertz CT molecular complexity index is 474. The second-order valence-electron chi connectivity index (χ2n) is 3.61. The lowest BCUT2D eigenvalue weighted by Gasteiger charge is -2.03. The van der Waals surface area contributed by atoms with Gasteiger partial charge in [-0.1, -0.05) is 23.8 Å². The standard InChI is InChI=1S/C12H14N2S/c1-8-4-5-10(9(2)6-8)11-7-15-12(13-3)14-11/h4-7H,1-3H3,(H,13,14). The van der Waals surface area contributed by atoms with Crippen molar-refractivity contribution < 1.29 is 0 Å². The Morgan fingerprint density at radius 2 is 2.07 bits per heavy atom. The third-order valence-corrected chi connectivity index (χ3v) is 3.24. The highest BCUT2D eigenvalue weighted by molar-refractivity contribution is 7.14. The lowest BCUT2D eigenvalue weighted by Crippen LogP contribution is -1.88. The summed E-state index contributed by atoms with van der Waals surface area (Å²) in [5, 5.41) is 6.11. The fourth-order valence-corrected chi connectivity index (χ4v) is 2.29. The second kappa shape index (κ2) is 4.03. The van der Waals surface area contributed by atoms with Gasteiger partial charge in [0.1, 0.15) is 0 Å². The van der Waals surface area contributed by atoms with Gasteiger partial charge < -0.3 is 5.32 Å². The molecule has 0 saturated heterocycles. The fraction of sp³-hybridized carbons (Fsp3) is 0.250. The molecule has 1 N–H and O–H groups in total. The van der Waals surface area contributed by atoms with E-state index in [9.17, 15) is 0 Å². The number of aryl methyl sites for hydroxylation is 2. The van der Waals surface area contributed by atoms with E-state index in [0.29, 0.717) is 0 Å². The fourth-order valence-electron chi connectivity index (χ4n) is 1.61. The van der Waals surface area contributed by atoms with Gasteiger partial charge in [0.2, 0.25) is 0 Å². The van der Waals surface area contributed by atoms with Crippen LogP contribution in [-0.4, -0.2) is 12.0 Å². The lowest BCUT2D eigenvalue weighted by atomic mass is 10.0. The molecule has 0 radical (unpaired) electrons. The van der Waals surface area contributed by atoms with Gasteiger partial charge in [-0.3, -0.25) is 0 Å². The molecular formula is C12H14N2S. The van der Waals surface area contributed by atoms with E-state index in [2.05, 4.69) is 47.7 Å². The van der Waals surface area contributed by atoms with Crippen LogP contribution in [0.3, 0.4) is 0 Å². The Labute approximate surface area is 94.0 Å². The Morgan fingerprint density at radius 1 is 1.27 bits per heavy atom. The molecular weight excluding hydrogens is 204 g/mol. The van der Waals surface area contributed by atoms with Gasteiger partial charge in [-0.05, 0) is 19.4 Å². The van der Waals surface area contributed by atoms with Gasteiger partial charge in [0.15, 0.2) is 5.13 Å². The first-order chi connectivity index (χ1) is 7.20. The molecule has 3 heteroatoms. The molecule has 1 aromatic carbocycles. The van der Waals surface area contributed by atoms with Crippen LogP contribution < -0.4 is 5.32 Å². The molecule has 0 aliphatic rings. The highest BCUT2D eigenvalue weighted by Gasteiger charge is 2.05. The number of aromatic nitrogens is 1. The van der Waals surface area contributed by atoms with Crippen molar-refractivity contribution >= 4 is 16.5 Å². The summed E-state index contributed by atoms with van der Waals surface area (Å²) in [4.78, 5) is 4.50. The molecule has 2 aromatic rings. The van der Waals surface area contributed by atoms with Crippen molar-refractivity contribution in [3.8, 4) is 11.3 Å². The minimum Gasteiger partial charge on any atom is -0.365 e. The number of hydrogen-bond acceptors (Lipinski definition) is 3. The van der Waals surface area contributed by atoms with Crippen molar-refractivity contribution in [2.75, 3.05) is 12.4 Å². The topological polar surface area (TPSA) is 24.9 Å². The highest BCUT2D eigenvalue weighted by atomic mass is 32.1. The molecule has 0 bridgehead atoms. The molecule has 0 unspecified atom stereocenters. The van der Waals surface area contributed by atoms with E-state index in [-0.39, 0.29) is 0 Å². The third kappa shape index (κ3) is 2.02. The SMILES string of the molecule is CNc1nc(-c2ccc(C)cc2C)cs1. The van der Waals surface area contributed by atoms with Crippen molar-refractivity contribution in [2.45, 2.75) is 13.8 Å². The normalized spacial score (nSPS) is 10.3. The molecule has 2 rings (SSSR count). The van der Waals surface area contributed by atoms with Gasteiger partial charge in [0.25, 0.3) is 0 Å². The van der Waals surface area contributed by atoms with Crippen LogP contribution in [-0.2, 0) is 0 Å². The molecule has 2 nitrogen and oxygen atoms in total. The van der Waals surface area contributed by atoms with Crippen LogP contribution in [0.15, 0.2) is 23.6 Å². The van der Waals surface area contributed by atoms with Crippen LogP contribution in [0.2, 0.25) is 0 Å². The van der Waals surface area contributed by atoms with E-state index in [1.807, 2.05) is 7.05 Å². The summed E-state index contributed by atoms with van der Waals surface area (Å²) in [6, 6.07) is 6.45. The Balaban J connectivity index is 2.44. The Hall–Kier alpha value is -1.35. The van der Waals surface area contributed by atoms with Crippen LogP contribution in [0.5, 0.6) is 0 Å². The molecule has 78 valence electrons. The lowest BCUT2D eigenvalue weighted by molar-refractivity contribution is 1.32. The summed E-state index contributed by atoms with van der Waals surface area (Å²) in [5.74, 6) is 0. The van der Waals surface area contributed by atoms with Crippen molar-refractivity contribution in [3.63, 3.8) is 0 Å². The number of benzene rings is 1. The minimum absolute atomic E-state index is 0.963. The summed E-state index contributed by atoms with van der Waals surface area (Å²) in [5.41, 5.74) is 4.85. The van der Waals surface area contributed by atoms with Crippen LogP contribution in [0.1, 0.15) is 11.1 Å². The average molecular weight is 218 g/mol. The summed E-state index contributed by atoms with van der Waals surface area (Å²) in [6.07, 6.45) is 0. The molecule has 1 aromatic heterocycles. The first-order valence-electron chi connectivity index (χ1n) is 4.91. The summed E-state index contributed by atoms with van der Waals surface area (Å²) >= 11 is 1.64. The minimum atomic E-state index is 0.963. The zero-order chi connectivity index (χ0) is 10.8. The monoisotopic (exact) mass is 218 g/mol. The van der Waals surface area contributed by atoms with E-state index in [1.54, 1.807) is 11.3 Å². The molecule has 1 heterocycles. The molecule has 0 amide bonds. The van der Waals surface area contributed by atoms with E-state index < -0.39 is 0 Å². The smallest absolute Gasteiger partial charge is 0.182 e. The van der Waals surface area contributed by atoms with Crippen molar-refractivity contribution in [1.82, 2.24) is 4.98 Å². The predicted molar refractivity (Wildman–Crippen MR) is 66.6 cm³/mol. The van der Waals surface area contributed by atoms with Gasteiger partial charge >= 0.3 is 0 Å². The molecule has 0 fully saturated rings. The predicted octanol–water partition coefficient (Wildman–Crippen LogP) is 3.47. The number of rotatable bonds is 2. The number of anilines is 1. The molecule has 0 saturated carbocycles. The molecule has 15 heavy (non-hydrogen) atoms. The zero-order valence-corrected chi connectivity index (χ0v) is 9.98. The molecule has 0 aliphatic heterocycles. The second-order valence-corrected chi connectivity index (χ2v) is 4.46. The van der Waals surface area contributed by atoms with Gasteiger partial charge in [-0.25, -0.2) is 4.98 Å². The Kier molecular flexibility index (Phi) is 2.73. The first-order valence-corrected chi connectivity index (χ1v) is 5.79. The van der Waals surface area contributed by atoms with Crippen molar-refractivity contribution in [2.24, 2.45) is 0 Å². The quantitative estimate of drug-likeness (QED) is 0.835. The molecule has 0 spiro atoms. The van der Waals surface area contributed by atoms with Gasteiger partial charge in [0, 0.05) is 18.0 Å². The van der Waals surface area contributed by atoms with E-state index in [0.717, 1.165) is 10.8 Å². The molecule has 0 aliphatic carbocycles. The first kappa shape index (κ1) is 10.2. The maximum absolute atomic E-state index is 4.50. The zero-order valence-electron chi connectivity index (χ0n) is 9.16. The van der Waals surface area contributed by atoms with E-state index in [4.69, 9.17) is 0 Å². The third-order valence-electron chi connectivity index (χ3n) is 2.38. The van der Waals surface area contributed by atoms with Crippen LogP contribution in [0.25, 0.3) is 11.3 Å². The number of nitrogens with zero attached hydrogens (tertiary/aromatic N) is 1. The molecule has 0 atom stereocenters. The van der Waals surface area contributed by atoms with Crippen LogP contribution in [0, 0.1) is 13.8 Å². The highest BCUT2D eigenvalue weighted by Crippen LogP contribution is 2.27. The van der Waals surface area contributed by atoms with Gasteiger partial charge in [-0.2, -0.15) is 0 Å². The summed E-state index contributed by atoms with van der Waals surface area (Å²) in [6.45, 7) is 4.23. The van der Waals surface area contributed by atoms with Gasteiger partial charge in [0.05, 0.1) is 5.69 Å². The maximum atomic E-state index is 4.50. The van der Waals surface area contributed by atoms with E-state index in [1.165, 1.54) is 16.7 Å². The summed E-state index contributed by atoms with van der Waals surface area (Å²) < 4.78 is 0. The van der Waals surface area contributed by atoms with Crippen molar-refractivity contribution in [1.29, 1.82) is 0 Å². The van der Waals surface area contributed by atoms with Gasteiger partial charge in [-0.15, -0.1) is 11.3 Å². The average Bonchev–Trinajstić information content (AvgIpc) is 2.66. The van der Waals surface area contributed by atoms with Crippen LogP contribution >= 0.6 is 11.3 Å². The maximum Gasteiger partial charge on any atom is 0.182 e. The number of thiazole rings is 1. The van der Waals surface area contributed by atoms with Crippen molar-refractivity contribution in [3.05, 3.63) is 34.7 Å². The number of nitrogens with one attached hydrogen (secondary N) is 1.